The molecule has 3 heteroatoms. The molecule has 0 unspecified atom stereocenters. The second-order valence-electron chi connectivity index (χ2n) is 5.00. The summed E-state index contributed by atoms with van der Waals surface area (Å²) >= 11 is 0. The Labute approximate surface area is 108 Å². The zero-order valence-electron chi connectivity index (χ0n) is 10.7. The lowest BCUT2D eigenvalue weighted by molar-refractivity contribution is -0.00714. The fourth-order valence-electron chi connectivity index (χ4n) is 2.75. The van der Waals surface area contributed by atoms with Crippen molar-refractivity contribution >= 4 is 0 Å². The first-order valence-electron chi connectivity index (χ1n) is 6.45. The normalized spacial score (nSPS) is 19.8. The maximum Gasteiger partial charge on any atom is 0.118 e. The molecule has 0 aromatic heterocycles. The van der Waals surface area contributed by atoms with Gasteiger partial charge in [-0.05, 0) is 30.5 Å². The molecular weight excluding hydrogens is 226 g/mol. The van der Waals surface area contributed by atoms with E-state index >= 15 is 0 Å². The van der Waals surface area contributed by atoms with Gasteiger partial charge in [-0.1, -0.05) is 31.4 Å². The van der Waals surface area contributed by atoms with Crippen LogP contribution in [0, 0.1) is 11.3 Å². The Morgan fingerprint density at radius 3 is 2.33 bits per heavy atom. The van der Waals surface area contributed by atoms with E-state index in [1.54, 1.807) is 7.11 Å². The highest BCUT2D eigenvalue weighted by molar-refractivity contribution is 5.34. The van der Waals surface area contributed by atoms with Crippen LogP contribution >= 0.6 is 0 Å². The van der Waals surface area contributed by atoms with Gasteiger partial charge in [0, 0.05) is 0 Å². The molecule has 1 N–H and O–H groups in total. The third-order valence-electron chi connectivity index (χ3n) is 3.83. The van der Waals surface area contributed by atoms with E-state index in [-0.39, 0.29) is 0 Å². The summed E-state index contributed by atoms with van der Waals surface area (Å²) in [5.41, 5.74) is 0.0180. The van der Waals surface area contributed by atoms with Gasteiger partial charge in [0.05, 0.1) is 24.7 Å². The van der Waals surface area contributed by atoms with Gasteiger partial charge >= 0.3 is 0 Å². The number of hydrogen-bond acceptors (Lipinski definition) is 3. The lowest BCUT2D eigenvalue weighted by Gasteiger charge is -2.36. The predicted molar refractivity (Wildman–Crippen MR) is 69.4 cm³/mol. The molecule has 0 bridgehead atoms. The predicted octanol–water partition coefficient (Wildman–Crippen LogP) is 3.00. The molecule has 18 heavy (non-hydrogen) atoms. The fraction of sp³-hybridized carbons (Fsp3) is 0.533. The van der Waals surface area contributed by atoms with Crippen molar-refractivity contribution in [3.05, 3.63) is 29.8 Å². The summed E-state index contributed by atoms with van der Waals surface area (Å²) in [5.74, 6) is 0.328. The van der Waals surface area contributed by atoms with E-state index in [1.807, 2.05) is 24.3 Å². The zero-order chi connectivity index (χ0) is 13.0. The molecule has 0 amide bonds. The Hall–Kier alpha value is -1.53. The summed E-state index contributed by atoms with van der Waals surface area (Å²) in [5, 5.41) is 20.0. The van der Waals surface area contributed by atoms with Gasteiger partial charge in [0.2, 0.25) is 0 Å². The number of aliphatic hydroxyl groups is 1. The smallest absolute Gasteiger partial charge is 0.118 e. The summed E-state index contributed by atoms with van der Waals surface area (Å²) in [6, 6.07) is 9.70. The van der Waals surface area contributed by atoms with Gasteiger partial charge in [0.1, 0.15) is 5.75 Å². The number of methoxy groups -OCH3 is 1. The van der Waals surface area contributed by atoms with Crippen molar-refractivity contribution < 1.29 is 9.84 Å². The van der Waals surface area contributed by atoms with Crippen LogP contribution in [0.2, 0.25) is 0 Å². The Bertz CT molecular complexity index is 427. The summed E-state index contributed by atoms with van der Waals surface area (Å²) in [4.78, 5) is 0. The van der Waals surface area contributed by atoms with Gasteiger partial charge in [-0.3, -0.25) is 0 Å². The molecule has 1 aliphatic carbocycles. The van der Waals surface area contributed by atoms with Crippen molar-refractivity contribution in [3.63, 3.8) is 0 Å². The molecule has 2 rings (SSSR count). The molecule has 96 valence electrons. The Morgan fingerprint density at radius 2 is 1.83 bits per heavy atom. The van der Waals surface area contributed by atoms with Crippen molar-refractivity contribution in [1.82, 2.24) is 0 Å². The molecule has 0 radical (unpaired) electrons. The van der Waals surface area contributed by atoms with E-state index in [9.17, 15) is 10.4 Å². The van der Waals surface area contributed by atoms with Crippen LogP contribution in [0.4, 0.5) is 0 Å². The summed E-state index contributed by atoms with van der Waals surface area (Å²) in [6.07, 6.45) is 4.60. The first-order valence-corrected chi connectivity index (χ1v) is 6.45. The number of benzene rings is 1. The monoisotopic (exact) mass is 245 g/mol. The third-order valence-corrected chi connectivity index (χ3v) is 3.83. The minimum atomic E-state index is -0.860. The molecule has 0 heterocycles. The van der Waals surface area contributed by atoms with Crippen LogP contribution in [-0.2, 0) is 0 Å². The number of nitrogens with zero attached hydrogens (tertiary/aromatic N) is 1. The van der Waals surface area contributed by atoms with E-state index in [1.165, 1.54) is 0 Å². The maximum atomic E-state index is 10.7. The molecule has 3 nitrogen and oxygen atoms in total. The lowest BCUT2D eigenvalue weighted by Crippen LogP contribution is -2.37. The van der Waals surface area contributed by atoms with Crippen LogP contribution in [0.3, 0.4) is 0 Å². The molecule has 1 atom stereocenters. The van der Waals surface area contributed by atoms with E-state index in [0.29, 0.717) is 0 Å². The quantitative estimate of drug-likeness (QED) is 0.890. The van der Waals surface area contributed by atoms with E-state index in [0.717, 1.165) is 43.4 Å². The molecule has 0 aliphatic heterocycles. The summed E-state index contributed by atoms with van der Waals surface area (Å²) in [6.45, 7) is 0. The summed E-state index contributed by atoms with van der Waals surface area (Å²) in [7, 11) is 1.62. The van der Waals surface area contributed by atoms with Gasteiger partial charge in [-0.2, -0.15) is 5.26 Å². The van der Waals surface area contributed by atoms with Crippen LogP contribution in [0.1, 0.15) is 43.6 Å². The largest absolute Gasteiger partial charge is 0.497 e. The molecule has 1 fully saturated rings. The lowest BCUT2D eigenvalue weighted by atomic mass is 9.73. The second kappa shape index (κ2) is 5.41. The molecule has 1 aromatic carbocycles. The van der Waals surface area contributed by atoms with E-state index in [2.05, 4.69) is 6.07 Å². The van der Waals surface area contributed by atoms with E-state index in [4.69, 9.17) is 4.74 Å². The van der Waals surface area contributed by atoms with Gasteiger partial charge in [0.25, 0.3) is 0 Å². The molecule has 1 aromatic rings. The SMILES string of the molecule is COc1ccc([C@H](C#N)C2(O)CCCCC2)cc1. The second-order valence-corrected chi connectivity index (χ2v) is 5.00. The topological polar surface area (TPSA) is 53.2 Å². The molecule has 0 spiro atoms. The Morgan fingerprint density at radius 1 is 1.22 bits per heavy atom. The minimum absolute atomic E-state index is 0.441. The van der Waals surface area contributed by atoms with Crippen LogP contribution < -0.4 is 4.74 Å². The molecule has 1 saturated carbocycles. The van der Waals surface area contributed by atoms with Crippen molar-refractivity contribution in [2.24, 2.45) is 0 Å². The average molecular weight is 245 g/mol. The van der Waals surface area contributed by atoms with Crippen molar-refractivity contribution in [2.45, 2.75) is 43.6 Å². The zero-order valence-corrected chi connectivity index (χ0v) is 10.7. The highest BCUT2D eigenvalue weighted by Gasteiger charge is 2.38. The minimum Gasteiger partial charge on any atom is -0.497 e. The van der Waals surface area contributed by atoms with Crippen LogP contribution in [0.15, 0.2) is 24.3 Å². The van der Waals surface area contributed by atoms with Crippen LogP contribution in [-0.4, -0.2) is 17.8 Å². The summed E-state index contributed by atoms with van der Waals surface area (Å²) < 4.78 is 5.11. The van der Waals surface area contributed by atoms with Gasteiger partial charge < -0.3 is 9.84 Å². The number of rotatable bonds is 3. The third kappa shape index (κ3) is 2.49. The molecule has 1 aliphatic rings. The van der Waals surface area contributed by atoms with Crippen LogP contribution in [0.25, 0.3) is 0 Å². The number of ether oxygens (including phenoxy) is 1. The first-order chi connectivity index (χ1) is 8.69. The van der Waals surface area contributed by atoms with Gasteiger partial charge in [-0.25, -0.2) is 0 Å². The van der Waals surface area contributed by atoms with Gasteiger partial charge in [0.15, 0.2) is 0 Å². The first kappa shape index (κ1) is 12.9. The Kier molecular flexibility index (Phi) is 3.88. The molecule has 0 saturated heterocycles. The molecular formula is C15H19NO2. The highest BCUT2D eigenvalue weighted by Crippen LogP contribution is 2.39. The van der Waals surface area contributed by atoms with Gasteiger partial charge in [-0.15, -0.1) is 0 Å². The van der Waals surface area contributed by atoms with Crippen LogP contribution in [0.5, 0.6) is 5.75 Å². The average Bonchev–Trinajstić information content (AvgIpc) is 2.41. The van der Waals surface area contributed by atoms with E-state index < -0.39 is 11.5 Å². The fourth-order valence-corrected chi connectivity index (χ4v) is 2.75. The maximum absolute atomic E-state index is 10.7. The van der Waals surface area contributed by atoms with Crippen molar-refractivity contribution in [1.29, 1.82) is 5.26 Å². The standard InChI is InChI=1S/C15H19NO2/c1-18-13-7-5-12(6-8-13)14(11-16)15(17)9-3-2-4-10-15/h5-8,14,17H,2-4,9-10H2,1H3/t14-/m0/s1. The Balaban J connectivity index is 2.24. The van der Waals surface area contributed by atoms with Crippen molar-refractivity contribution in [3.8, 4) is 11.8 Å². The van der Waals surface area contributed by atoms with Crippen molar-refractivity contribution in [2.75, 3.05) is 7.11 Å². The number of hydrogen-bond donors (Lipinski definition) is 1. The number of nitriles is 1. The highest BCUT2D eigenvalue weighted by atomic mass is 16.5.